The van der Waals surface area contributed by atoms with Crippen LogP contribution in [0.3, 0.4) is 0 Å². The molecule has 2 bridgehead atoms. The van der Waals surface area contributed by atoms with E-state index in [2.05, 4.69) is 18.0 Å². The van der Waals surface area contributed by atoms with Crippen molar-refractivity contribution in [1.29, 1.82) is 0 Å². The van der Waals surface area contributed by atoms with E-state index in [0.29, 0.717) is 17.7 Å². The van der Waals surface area contributed by atoms with Gasteiger partial charge in [-0.1, -0.05) is 12.2 Å². The van der Waals surface area contributed by atoms with Crippen LogP contribution in [0, 0.1) is 5.92 Å². The minimum atomic E-state index is -4.35. The summed E-state index contributed by atoms with van der Waals surface area (Å²) in [7, 11) is -2.27. The van der Waals surface area contributed by atoms with Crippen molar-refractivity contribution in [2.45, 2.75) is 42.9 Å². The van der Waals surface area contributed by atoms with Gasteiger partial charge in [-0.05, 0) is 50.0 Å². The number of ether oxygens (including phenoxy) is 1. The van der Waals surface area contributed by atoms with Crippen LogP contribution in [0.2, 0.25) is 0 Å². The van der Waals surface area contributed by atoms with Crippen molar-refractivity contribution in [3.05, 3.63) is 34.9 Å². The Morgan fingerprint density at radius 1 is 1.39 bits per heavy atom. The van der Waals surface area contributed by atoms with Crippen molar-refractivity contribution in [3.8, 4) is 11.5 Å². The molecule has 7 nitrogen and oxygen atoms in total. The van der Waals surface area contributed by atoms with Crippen molar-refractivity contribution in [2.75, 3.05) is 19.3 Å². The summed E-state index contributed by atoms with van der Waals surface area (Å²) in [5, 5.41) is 21.2. The maximum Gasteiger partial charge on any atom is 1.00 e. The van der Waals surface area contributed by atoms with Crippen molar-refractivity contribution in [3.63, 3.8) is 0 Å². The van der Waals surface area contributed by atoms with Crippen LogP contribution in [0.1, 0.15) is 23.1 Å². The number of aromatic hydroxyl groups is 1. The minimum absolute atomic E-state index is 0. The van der Waals surface area contributed by atoms with Gasteiger partial charge in [0, 0.05) is 28.7 Å². The molecule has 1 aromatic carbocycles. The average molecular weight is 415 g/mol. The van der Waals surface area contributed by atoms with Gasteiger partial charge in [0.25, 0.3) is 0 Å². The molecular formula is C19H22NNaO6S. The molecule has 0 radical (unpaired) electrons. The molecule has 5 rings (SSSR count). The van der Waals surface area contributed by atoms with E-state index in [0.717, 1.165) is 24.1 Å². The molecule has 0 unspecified atom stereocenters. The molecule has 2 aliphatic carbocycles. The number of piperidine rings is 1. The number of rotatable bonds is 3. The van der Waals surface area contributed by atoms with Crippen LogP contribution in [-0.4, -0.2) is 65.7 Å². The molecule has 2 aliphatic heterocycles. The summed E-state index contributed by atoms with van der Waals surface area (Å²) >= 11 is 0. The summed E-state index contributed by atoms with van der Waals surface area (Å²) in [6, 6.07) is 1.74. The zero-order chi connectivity index (χ0) is 19.1. The van der Waals surface area contributed by atoms with Crippen LogP contribution in [0.5, 0.6) is 11.5 Å². The zero-order valence-corrected chi connectivity index (χ0v) is 18.8. The van der Waals surface area contributed by atoms with Crippen LogP contribution in [0.25, 0.3) is 0 Å². The summed E-state index contributed by atoms with van der Waals surface area (Å²) in [6.07, 6.45) is 4.22. The molecule has 28 heavy (non-hydrogen) atoms. The Morgan fingerprint density at radius 3 is 2.86 bits per heavy atom. The van der Waals surface area contributed by atoms with E-state index in [1.54, 1.807) is 6.08 Å². The first kappa shape index (κ1) is 20.7. The van der Waals surface area contributed by atoms with E-state index in [9.17, 15) is 23.2 Å². The molecule has 1 fully saturated rings. The quantitative estimate of drug-likeness (QED) is 0.314. The molecule has 1 spiro atoms. The maximum absolute atomic E-state index is 11.2. The number of aliphatic hydroxyl groups is 1. The van der Waals surface area contributed by atoms with E-state index < -0.39 is 33.5 Å². The number of phenols is 1. The Labute approximate surface area is 186 Å². The van der Waals surface area contributed by atoms with Gasteiger partial charge in [-0.25, -0.2) is 8.42 Å². The number of likely N-dealkylation sites (tertiary alicyclic amines) is 1. The van der Waals surface area contributed by atoms with Crippen molar-refractivity contribution in [2.24, 2.45) is 5.92 Å². The third-order valence-corrected chi connectivity index (χ3v) is 7.70. The van der Waals surface area contributed by atoms with Gasteiger partial charge in [0.1, 0.15) is 12.2 Å². The second-order valence-corrected chi connectivity index (χ2v) is 9.76. The Bertz CT molecular complexity index is 964. The molecule has 2 heterocycles. The smallest absolute Gasteiger partial charge is 0.748 e. The average Bonchev–Trinajstić information content (AvgIpc) is 2.95. The monoisotopic (exact) mass is 415 g/mol. The summed E-state index contributed by atoms with van der Waals surface area (Å²) < 4.78 is 39.6. The predicted molar refractivity (Wildman–Crippen MR) is 95.8 cm³/mol. The Hall–Kier alpha value is -0.610. The van der Waals surface area contributed by atoms with Crippen LogP contribution < -0.4 is 34.3 Å². The molecule has 2 N–H and O–H groups in total. The largest absolute Gasteiger partial charge is 1.00 e. The first-order chi connectivity index (χ1) is 12.7. The number of aliphatic hydroxyl groups excluding tert-OH is 1. The zero-order valence-electron chi connectivity index (χ0n) is 16.0. The minimum Gasteiger partial charge on any atom is -0.748 e. The van der Waals surface area contributed by atoms with Gasteiger partial charge in [0.15, 0.2) is 11.5 Å². The van der Waals surface area contributed by atoms with Crippen molar-refractivity contribution >= 4 is 10.1 Å². The van der Waals surface area contributed by atoms with Crippen LogP contribution >= 0.6 is 0 Å². The summed E-state index contributed by atoms with van der Waals surface area (Å²) in [5.41, 5.74) is 2.17. The Morgan fingerprint density at radius 2 is 2.14 bits per heavy atom. The second kappa shape index (κ2) is 6.70. The van der Waals surface area contributed by atoms with Gasteiger partial charge in [0.05, 0.1) is 10.1 Å². The van der Waals surface area contributed by atoms with Gasteiger partial charge < -0.3 is 24.4 Å². The van der Waals surface area contributed by atoms with Gasteiger partial charge in [0.2, 0.25) is 0 Å². The number of aryl methyl sites for hydroxylation is 1. The second-order valence-electron chi connectivity index (χ2n) is 8.23. The van der Waals surface area contributed by atoms with Gasteiger partial charge >= 0.3 is 29.6 Å². The maximum atomic E-state index is 11.2. The SMILES string of the molecule is CN1CC[C@]23c4c5c(CCS(=O)(=O)[O-])cc(O)c4O[C@H]2[C@@H](O)C=C[C@H]3[C@H]1C5.[Na+]. The van der Waals surface area contributed by atoms with Crippen LogP contribution in [0.15, 0.2) is 18.2 Å². The fourth-order valence-corrected chi connectivity index (χ4v) is 6.33. The molecule has 0 amide bonds. The number of likely N-dealkylation sites (N-methyl/N-ethyl adjacent to an activating group) is 1. The number of hydrogen-bond donors (Lipinski definition) is 2. The Kier molecular flexibility index (Phi) is 4.94. The standard InChI is InChI=1S/C19H23NO6S.Na/c1-20-6-5-19-12-2-3-14(21)18(19)26-17-15(22)8-10(4-7-27(23,24)25)11(16(17)19)9-13(12)20;/h2-3,8,12-14,18,21-22H,4-7,9H2,1H3,(H,23,24,25);/q;+1/p-1/t12-,13+,14-,18-,19-;/m0./s1. The third kappa shape index (κ3) is 2.73. The fourth-order valence-electron chi connectivity index (χ4n) is 5.86. The molecule has 1 saturated heterocycles. The van der Waals surface area contributed by atoms with Crippen LogP contribution in [0.4, 0.5) is 0 Å². The summed E-state index contributed by atoms with van der Waals surface area (Å²) in [6.45, 7) is 0.862. The summed E-state index contributed by atoms with van der Waals surface area (Å²) in [4.78, 5) is 2.30. The first-order valence-electron chi connectivity index (χ1n) is 9.27. The number of hydrogen-bond acceptors (Lipinski definition) is 7. The first-order valence-corrected chi connectivity index (χ1v) is 10.8. The van der Waals surface area contributed by atoms with Crippen molar-refractivity contribution in [1.82, 2.24) is 4.90 Å². The topological polar surface area (TPSA) is 110 Å². The van der Waals surface area contributed by atoms with E-state index in [4.69, 9.17) is 4.74 Å². The molecule has 0 aromatic heterocycles. The third-order valence-electron chi connectivity index (χ3n) is 6.99. The van der Waals surface area contributed by atoms with Gasteiger partial charge in [-0.3, -0.25) is 0 Å². The van der Waals surface area contributed by atoms with Gasteiger partial charge in [-0.15, -0.1) is 0 Å². The van der Waals surface area contributed by atoms with Crippen LogP contribution in [-0.2, 0) is 28.4 Å². The molecule has 4 aliphatic rings. The molecule has 5 atom stereocenters. The van der Waals surface area contributed by atoms with E-state index in [-0.39, 0.29) is 53.7 Å². The van der Waals surface area contributed by atoms with Gasteiger partial charge in [-0.2, -0.15) is 0 Å². The molecule has 146 valence electrons. The predicted octanol–water partition coefficient (Wildman–Crippen LogP) is -2.71. The molecule has 1 aromatic rings. The number of benzene rings is 1. The van der Waals surface area contributed by atoms with E-state index >= 15 is 0 Å². The van der Waals surface area contributed by atoms with Crippen molar-refractivity contribution < 1.29 is 57.5 Å². The van der Waals surface area contributed by atoms with E-state index in [1.165, 1.54) is 6.07 Å². The van der Waals surface area contributed by atoms with E-state index in [1.807, 2.05) is 0 Å². The number of nitrogens with zero attached hydrogens (tertiary/aromatic N) is 1. The number of phenolic OH excluding ortho intramolecular Hbond substituents is 1. The molecule has 0 saturated carbocycles. The fraction of sp³-hybridized carbons (Fsp3) is 0.579. The molecular weight excluding hydrogens is 393 g/mol. The normalized spacial score (nSPS) is 35.1. The molecule has 9 heteroatoms. The Balaban J connectivity index is 0.00000192. The summed E-state index contributed by atoms with van der Waals surface area (Å²) in [5.74, 6) is 0.0389.